The van der Waals surface area contributed by atoms with Gasteiger partial charge in [-0.05, 0) is 97.1 Å². The van der Waals surface area contributed by atoms with Gasteiger partial charge in [-0.2, -0.15) is 0 Å². The average Bonchev–Trinajstić information content (AvgIpc) is 3.51. The molecule has 1 heterocycles. The van der Waals surface area contributed by atoms with E-state index in [2.05, 4.69) is 170 Å². The molecule has 0 bridgehead atoms. The van der Waals surface area contributed by atoms with Crippen LogP contribution in [0.1, 0.15) is 0 Å². The van der Waals surface area contributed by atoms with E-state index >= 15 is 0 Å². The van der Waals surface area contributed by atoms with Gasteiger partial charge in [-0.3, -0.25) is 0 Å². The van der Waals surface area contributed by atoms with Crippen LogP contribution in [0.2, 0.25) is 0 Å². The summed E-state index contributed by atoms with van der Waals surface area (Å²) in [5.74, 6) is 0. The highest BCUT2D eigenvalue weighted by atomic mass is 32.1. The summed E-state index contributed by atoms with van der Waals surface area (Å²) in [5.41, 5.74) is 9.89. The number of rotatable bonds is 4. The van der Waals surface area contributed by atoms with Gasteiger partial charge in [0, 0.05) is 25.6 Å². The number of thiophene rings is 1. The van der Waals surface area contributed by atoms with Crippen molar-refractivity contribution in [1.82, 2.24) is 0 Å². The summed E-state index contributed by atoms with van der Waals surface area (Å²) in [7, 11) is 0. The molecule has 9 aromatic rings. The summed E-state index contributed by atoms with van der Waals surface area (Å²) in [5, 5.41) is 7.82. The van der Waals surface area contributed by atoms with Crippen LogP contribution in [0.15, 0.2) is 170 Å². The molecule has 0 aliphatic carbocycles. The minimum atomic E-state index is 1.22. The van der Waals surface area contributed by atoms with Gasteiger partial charge in [0.2, 0.25) is 0 Å². The van der Waals surface area contributed by atoms with E-state index in [1.54, 1.807) is 0 Å². The highest BCUT2D eigenvalue weighted by Crippen LogP contribution is 2.41. The molecule has 8 aromatic carbocycles. The summed E-state index contributed by atoms with van der Waals surface area (Å²) in [4.78, 5) is 0. The van der Waals surface area contributed by atoms with Crippen LogP contribution in [0.3, 0.4) is 0 Å². The van der Waals surface area contributed by atoms with E-state index in [0.717, 1.165) is 0 Å². The quantitative estimate of drug-likeness (QED) is 0.192. The fraction of sp³-hybridized carbons (Fsp3) is 0. The van der Waals surface area contributed by atoms with Crippen LogP contribution in [-0.4, -0.2) is 0 Å². The molecular formula is C44H28S. The molecule has 9 rings (SSSR count). The highest BCUT2D eigenvalue weighted by molar-refractivity contribution is 7.26. The highest BCUT2D eigenvalue weighted by Gasteiger charge is 2.12. The van der Waals surface area contributed by atoms with E-state index in [0.29, 0.717) is 0 Å². The SMILES string of the molecule is c1ccc(-c2cc(-c3ccccc3)cc(-c3ccc4cc(-c5cccc6c5ccc5c7ccccc7sc65)ccc4c3)c2)cc1. The molecule has 210 valence electrons. The van der Waals surface area contributed by atoms with Crippen molar-refractivity contribution in [2.75, 3.05) is 0 Å². The van der Waals surface area contributed by atoms with E-state index in [-0.39, 0.29) is 0 Å². The van der Waals surface area contributed by atoms with E-state index in [1.807, 2.05) is 11.3 Å². The second kappa shape index (κ2) is 10.6. The predicted molar refractivity (Wildman–Crippen MR) is 196 cm³/mol. The molecule has 0 N–H and O–H groups in total. The first-order valence-corrected chi connectivity index (χ1v) is 16.2. The van der Waals surface area contributed by atoms with Crippen molar-refractivity contribution in [1.29, 1.82) is 0 Å². The Labute approximate surface area is 266 Å². The molecule has 1 aromatic heterocycles. The normalized spacial score (nSPS) is 11.6. The Kier molecular flexibility index (Phi) is 6.11. The average molecular weight is 589 g/mol. The van der Waals surface area contributed by atoms with Crippen LogP contribution in [-0.2, 0) is 0 Å². The molecule has 0 spiro atoms. The van der Waals surface area contributed by atoms with Crippen molar-refractivity contribution in [3.8, 4) is 44.5 Å². The summed E-state index contributed by atoms with van der Waals surface area (Å²) < 4.78 is 2.71. The van der Waals surface area contributed by atoms with Crippen LogP contribution in [0.5, 0.6) is 0 Å². The molecule has 0 amide bonds. The zero-order chi connectivity index (χ0) is 29.7. The van der Waals surface area contributed by atoms with Crippen molar-refractivity contribution in [3.05, 3.63) is 170 Å². The molecule has 1 heteroatoms. The smallest absolute Gasteiger partial charge is 0.0434 e. The molecule has 0 aliphatic heterocycles. The number of hydrogen-bond donors (Lipinski definition) is 0. The van der Waals surface area contributed by atoms with Gasteiger partial charge in [0.15, 0.2) is 0 Å². The van der Waals surface area contributed by atoms with Crippen molar-refractivity contribution in [3.63, 3.8) is 0 Å². The third-order valence-corrected chi connectivity index (χ3v) is 10.3. The lowest BCUT2D eigenvalue weighted by Gasteiger charge is -2.13. The van der Waals surface area contributed by atoms with Gasteiger partial charge in [0.25, 0.3) is 0 Å². The number of fused-ring (bicyclic) bond motifs is 6. The van der Waals surface area contributed by atoms with E-state index in [4.69, 9.17) is 0 Å². The Morgan fingerprint density at radius 3 is 1.53 bits per heavy atom. The Bertz CT molecular complexity index is 2460. The molecule has 0 saturated carbocycles. The van der Waals surface area contributed by atoms with Gasteiger partial charge in [0.1, 0.15) is 0 Å². The molecule has 0 fully saturated rings. The van der Waals surface area contributed by atoms with Gasteiger partial charge in [-0.15, -0.1) is 11.3 Å². The minimum Gasteiger partial charge on any atom is -0.135 e. The third-order valence-electron chi connectivity index (χ3n) is 9.03. The van der Waals surface area contributed by atoms with Crippen LogP contribution < -0.4 is 0 Å². The number of hydrogen-bond acceptors (Lipinski definition) is 1. The van der Waals surface area contributed by atoms with Gasteiger partial charge < -0.3 is 0 Å². The van der Waals surface area contributed by atoms with E-state index < -0.39 is 0 Å². The lowest BCUT2D eigenvalue weighted by molar-refractivity contribution is 1.57. The summed E-state index contributed by atoms with van der Waals surface area (Å²) in [6, 6.07) is 62.2. The molecular weight excluding hydrogens is 561 g/mol. The van der Waals surface area contributed by atoms with Gasteiger partial charge >= 0.3 is 0 Å². The largest absolute Gasteiger partial charge is 0.135 e. The fourth-order valence-electron chi connectivity index (χ4n) is 6.77. The molecule has 0 nitrogen and oxygen atoms in total. The van der Waals surface area contributed by atoms with Crippen molar-refractivity contribution in [2.45, 2.75) is 0 Å². The first kappa shape index (κ1) is 25.9. The van der Waals surface area contributed by atoms with E-state index in [9.17, 15) is 0 Å². The number of benzene rings is 8. The van der Waals surface area contributed by atoms with Crippen LogP contribution >= 0.6 is 11.3 Å². The second-order valence-corrected chi connectivity index (χ2v) is 12.8. The summed E-state index contributed by atoms with van der Waals surface area (Å²) >= 11 is 1.90. The zero-order valence-electron chi connectivity index (χ0n) is 24.6. The minimum absolute atomic E-state index is 1.22. The zero-order valence-corrected chi connectivity index (χ0v) is 25.4. The molecule has 0 saturated heterocycles. The first-order valence-electron chi connectivity index (χ1n) is 15.4. The lowest BCUT2D eigenvalue weighted by atomic mass is 9.91. The monoisotopic (exact) mass is 588 g/mol. The lowest BCUT2D eigenvalue weighted by Crippen LogP contribution is -1.87. The Morgan fingerprint density at radius 2 is 0.822 bits per heavy atom. The topological polar surface area (TPSA) is 0 Å². The maximum absolute atomic E-state index is 2.35. The molecule has 0 unspecified atom stereocenters. The van der Waals surface area contributed by atoms with Crippen LogP contribution in [0.4, 0.5) is 0 Å². The molecule has 0 atom stereocenters. The van der Waals surface area contributed by atoms with Crippen molar-refractivity contribution >= 4 is 53.1 Å². The molecule has 0 aliphatic rings. The molecule has 45 heavy (non-hydrogen) atoms. The third kappa shape index (κ3) is 4.52. The van der Waals surface area contributed by atoms with Crippen molar-refractivity contribution < 1.29 is 0 Å². The maximum Gasteiger partial charge on any atom is 0.0434 e. The van der Waals surface area contributed by atoms with Crippen LogP contribution in [0, 0.1) is 0 Å². The predicted octanol–water partition coefficient (Wildman–Crippen LogP) is 13.0. The standard InChI is InChI=1S/C44H28S/c1-3-10-29(11-4-1)35-26-36(30-12-5-2-6-13-30)28-37(27-35)33-19-18-32-25-34(21-20-31(32)24-33)38-15-9-16-41-39(38)22-23-42-40-14-7-8-17-43(40)45-44(41)42/h1-28H. The van der Waals surface area contributed by atoms with Crippen molar-refractivity contribution in [2.24, 2.45) is 0 Å². The first-order chi connectivity index (χ1) is 22.3. The van der Waals surface area contributed by atoms with Gasteiger partial charge in [-0.25, -0.2) is 0 Å². The Morgan fingerprint density at radius 1 is 0.289 bits per heavy atom. The maximum atomic E-state index is 2.35. The van der Waals surface area contributed by atoms with Gasteiger partial charge in [-0.1, -0.05) is 133 Å². The van der Waals surface area contributed by atoms with Gasteiger partial charge in [0.05, 0.1) is 0 Å². The second-order valence-electron chi connectivity index (χ2n) is 11.7. The Balaban J connectivity index is 1.15. The molecule has 0 radical (unpaired) electrons. The fourth-order valence-corrected chi connectivity index (χ4v) is 8.00. The van der Waals surface area contributed by atoms with Crippen LogP contribution in [0.25, 0.3) is 86.2 Å². The Hall–Kier alpha value is -5.50. The summed E-state index contributed by atoms with van der Waals surface area (Å²) in [6.07, 6.45) is 0. The van der Waals surface area contributed by atoms with E-state index in [1.165, 1.54) is 86.2 Å². The summed E-state index contributed by atoms with van der Waals surface area (Å²) in [6.45, 7) is 0.